The predicted octanol–water partition coefficient (Wildman–Crippen LogP) is 1.31. The standard InChI is InChI=1S/C13H24N2O4/c1-9(4-5-12(16)17)8-14-13(18)15(3)11-6-7-19-10(11)2/h9-11H,4-8H2,1-3H3,(H,14,18)(H,16,17). The molecule has 1 aliphatic heterocycles. The summed E-state index contributed by atoms with van der Waals surface area (Å²) in [5.74, 6) is -0.641. The van der Waals surface area contributed by atoms with Crippen LogP contribution in [-0.2, 0) is 9.53 Å². The molecule has 0 spiro atoms. The smallest absolute Gasteiger partial charge is 0.317 e. The van der Waals surface area contributed by atoms with Gasteiger partial charge in [0.15, 0.2) is 0 Å². The van der Waals surface area contributed by atoms with E-state index in [4.69, 9.17) is 9.84 Å². The lowest BCUT2D eigenvalue weighted by Crippen LogP contribution is -2.47. The second-order valence-electron chi connectivity index (χ2n) is 5.27. The topological polar surface area (TPSA) is 78.9 Å². The third kappa shape index (κ3) is 5.06. The van der Waals surface area contributed by atoms with Crippen molar-refractivity contribution in [2.24, 2.45) is 5.92 Å². The SMILES string of the molecule is CC(CCC(=O)O)CNC(=O)N(C)C1CCOC1C. The van der Waals surface area contributed by atoms with Gasteiger partial charge in [-0.1, -0.05) is 6.92 Å². The van der Waals surface area contributed by atoms with E-state index in [1.807, 2.05) is 13.8 Å². The Labute approximate surface area is 114 Å². The average molecular weight is 272 g/mol. The molecule has 0 bridgehead atoms. The third-order valence-electron chi connectivity index (χ3n) is 3.61. The van der Waals surface area contributed by atoms with Crippen molar-refractivity contribution in [3.05, 3.63) is 0 Å². The first-order valence-electron chi connectivity index (χ1n) is 6.76. The Balaban J connectivity index is 2.28. The first kappa shape index (κ1) is 15.8. The van der Waals surface area contributed by atoms with Crippen molar-refractivity contribution in [2.45, 2.75) is 45.3 Å². The molecule has 0 aromatic heterocycles. The zero-order valence-electron chi connectivity index (χ0n) is 11.9. The summed E-state index contributed by atoms with van der Waals surface area (Å²) in [6, 6.07) is -0.00106. The number of carboxylic acids is 1. The fourth-order valence-corrected chi connectivity index (χ4v) is 2.24. The van der Waals surface area contributed by atoms with Crippen LogP contribution in [0.4, 0.5) is 4.79 Å². The Bertz CT molecular complexity index is 322. The Morgan fingerprint density at radius 2 is 2.21 bits per heavy atom. The van der Waals surface area contributed by atoms with Crippen LogP contribution < -0.4 is 5.32 Å². The van der Waals surface area contributed by atoms with Crippen LogP contribution in [0.25, 0.3) is 0 Å². The Hall–Kier alpha value is -1.30. The van der Waals surface area contributed by atoms with Gasteiger partial charge in [-0.25, -0.2) is 4.79 Å². The molecule has 0 saturated carbocycles. The molecule has 0 radical (unpaired) electrons. The maximum absolute atomic E-state index is 12.0. The van der Waals surface area contributed by atoms with Gasteiger partial charge in [0.1, 0.15) is 0 Å². The molecule has 3 atom stereocenters. The van der Waals surface area contributed by atoms with Crippen molar-refractivity contribution in [1.29, 1.82) is 0 Å². The number of carboxylic acid groups (broad SMARTS) is 1. The molecule has 1 fully saturated rings. The number of rotatable bonds is 6. The normalized spacial score (nSPS) is 23.9. The Morgan fingerprint density at radius 1 is 1.53 bits per heavy atom. The van der Waals surface area contributed by atoms with E-state index >= 15 is 0 Å². The molecule has 1 heterocycles. The number of aliphatic carboxylic acids is 1. The quantitative estimate of drug-likeness (QED) is 0.764. The first-order valence-corrected chi connectivity index (χ1v) is 6.76. The van der Waals surface area contributed by atoms with Crippen molar-refractivity contribution in [1.82, 2.24) is 10.2 Å². The van der Waals surface area contributed by atoms with Gasteiger partial charge < -0.3 is 20.1 Å². The van der Waals surface area contributed by atoms with Gasteiger partial charge in [-0.05, 0) is 25.7 Å². The van der Waals surface area contributed by atoms with E-state index in [9.17, 15) is 9.59 Å². The maximum atomic E-state index is 12.0. The molecule has 6 heteroatoms. The fourth-order valence-electron chi connectivity index (χ4n) is 2.24. The van der Waals surface area contributed by atoms with E-state index in [2.05, 4.69) is 5.32 Å². The minimum Gasteiger partial charge on any atom is -0.481 e. The van der Waals surface area contributed by atoms with Crippen molar-refractivity contribution in [2.75, 3.05) is 20.2 Å². The van der Waals surface area contributed by atoms with E-state index in [-0.39, 0.29) is 30.5 Å². The summed E-state index contributed by atoms with van der Waals surface area (Å²) in [4.78, 5) is 24.1. The molecule has 0 aromatic rings. The molecule has 2 amide bonds. The highest BCUT2D eigenvalue weighted by molar-refractivity contribution is 5.74. The molecule has 1 saturated heterocycles. The van der Waals surface area contributed by atoms with E-state index in [0.29, 0.717) is 19.6 Å². The molecule has 19 heavy (non-hydrogen) atoms. The minimum absolute atomic E-state index is 0.0696. The third-order valence-corrected chi connectivity index (χ3v) is 3.61. The molecule has 110 valence electrons. The highest BCUT2D eigenvalue weighted by Gasteiger charge is 2.30. The summed E-state index contributed by atoms with van der Waals surface area (Å²) >= 11 is 0. The summed E-state index contributed by atoms with van der Waals surface area (Å²) in [5.41, 5.74) is 0. The summed E-state index contributed by atoms with van der Waals surface area (Å²) in [5, 5.41) is 11.4. The summed E-state index contributed by atoms with van der Waals surface area (Å²) in [7, 11) is 1.77. The number of ether oxygens (including phenoxy) is 1. The fraction of sp³-hybridized carbons (Fsp3) is 0.846. The van der Waals surface area contributed by atoms with Gasteiger partial charge >= 0.3 is 12.0 Å². The second-order valence-corrected chi connectivity index (χ2v) is 5.27. The number of likely N-dealkylation sites (N-methyl/N-ethyl adjacent to an activating group) is 1. The van der Waals surface area contributed by atoms with Crippen LogP contribution in [0, 0.1) is 5.92 Å². The number of amides is 2. The minimum atomic E-state index is -0.799. The van der Waals surface area contributed by atoms with Crippen molar-refractivity contribution in [3.8, 4) is 0 Å². The van der Waals surface area contributed by atoms with Gasteiger partial charge in [0.2, 0.25) is 0 Å². The number of nitrogens with zero attached hydrogens (tertiary/aromatic N) is 1. The Morgan fingerprint density at radius 3 is 2.74 bits per heavy atom. The van der Waals surface area contributed by atoms with Crippen LogP contribution >= 0.6 is 0 Å². The molecule has 0 aliphatic carbocycles. The number of hydrogen-bond acceptors (Lipinski definition) is 3. The molecule has 2 N–H and O–H groups in total. The summed E-state index contributed by atoms with van der Waals surface area (Å²) in [6.45, 7) is 5.10. The highest BCUT2D eigenvalue weighted by Crippen LogP contribution is 2.18. The highest BCUT2D eigenvalue weighted by atomic mass is 16.5. The molecule has 3 unspecified atom stereocenters. The Kier molecular flexibility index (Phi) is 6.08. The van der Waals surface area contributed by atoms with Gasteiger partial charge in [-0.3, -0.25) is 4.79 Å². The van der Waals surface area contributed by atoms with E-state index < -0.39 is 5.97 Å². The number of carbonyl (C=O) groups is 2. The summed E-state index contributed by atoms with van der Waals surface area (Å²) < 4.78 is 5.44. The molecular formula is C13H24N2O4. The lowest BCUT2D eigenvalue weighted by Gasteiger charge is -2.27. The zero-order valence-corrected chi connectivity index (χ0v) is 11.9. The van der Waals surface area contributed by atoms with Crippen LogP contribution in [0.3, 0.4) is 0 Å². The van der Waals surface area contributed by atoms with Gasteiger partial charge in [-0.2, -0.15) is 0 Å². The molecular weight excluding hydrogens is 248 g/mol. The van der Waals surface area contributed by atoms with Gasteiger partial charge in [0.25, 0.3) is 0 Å². The van der Waals surface area contributed by atoms with E-state index in [1.165, 1.54) is 0 Å². The number of hydrogen-bond donors (Lipinski definition) is 2. The lowest BCUT2D eigenvalue weighted by molar-refractivity contribution is -0.137. The van der Waals surface area contributed by atoms with Crippen LogP contribution in [0.5, 0.6) is 0 Å². The van der Waals surface area contributed by atoms with E-state index in [1.54, 1.807) is 11.9 Å². The second kappa shape index (κ2) is 7.33. The average Bonchev–Trinajstić information content (AvgIpc) is 2.78. The molecule has 1 aliphatic rings. The van der Waals surface area contributed by atoms with Crippen molar-refractivity contribution in [3.63, 3.8) is 0 Å². The largest absolute Gasteiger partial charge is 0.481 e. The zero-order chi connectivity index (χ0) is 14.4. The molecule has 1 rings (SSSR count). The number of nitrogens with one attached hydrogen (secondary N) is 1. The number of urea groups is 1. The maximum Gasteiger partial charge on any atom is 0.317 e. The first-order chi connectivity index (χ1) is 8.91. The van der Waals surface area contributed by atoms with Crippen LogP contribution in [0.2, 0.25) is 0 Å². The van der Waals surface area contributed by atoms with Crippen molar-refractivity contribution < 1.29 is 19.4 Å². The van der Waals surface area contributed by atoms with Gasteiger partial charge in [-0.15, -0.1) is 0 Å². The predicted molar refractivity (Wildman–Crippen MR) is 71.0 cm³/mol. The van der Waals surface area contributed by atoms with Crippen LogP contribution in [-0.4, -0.2) is 54.4 Å². The van der Waals surface area contributed by atoms with Gasteiger partial charge in [0.05, 0.1) is 12.1 Å². The molecule has 6 nitrogen and oxygen atoms in total. The number of carbonyl (C=O) groups excluding carboxylic acids is 1. The summed E-state index contributed by atoms with van der Waals surface area (Å²) in [6.07, 6.45) is 1.64. The van der Waals surface area contributed by atoms with Crippen molar-refractivity contribution >= 4 is 12.0 Å². The van der Waals surface area contributed by atoms with Crippen LogP contribution in [0.15, 0.2) is 0 Å². The van der Waals surface area contributed by atoms with Gasteiger partial charge in [0, 0.05) is 26.6 Å². The lowest BCUT2D eigenvalue weighted by atomic mass is 10.1. The molecule has 0 aromatic carbocycles. The monoisotopic (exact) mass is 272 g/mol. The van der Waals surface area contributed by atoms with E-state index in [0.717, 1.165) is 6.42 Å². The van der Waals surface area contributed by atoms with Crippen LogP contribution in [0.1, 0.15) is 33.1 Å².